The molecule has 0 radical (unpaired) electrons. The molecule has 2 fully saturated rings. The van der Waals surface area contributed by atoms with E-state index in [-0.39, 0.29) is 6.23 Å². The zero-order valence-electron chi connectivity index (χ0n) is 23.9. The minimum atomic E-state index is -0.00485. The fourth-order valence-electron chi connectivity index (χ4n) is 6.70. The lowest BCUT2D eigenvalue weighted by Gasteiger charge is -2.25. The summed E-state index contributed by atoms with van der Waals surface area (Å²) in [5, 5.41) is 7.33. The minimum absolute atomic E-state index is 0.00485. The summed E-state index contributed by atoms with van der Waals surface area (Å²) in [6.45, 7) is 3.30. The molecule has 2 N–H and O–H groups in total. The number of nitrogens with zero attached hydrogens (tertiary/aromatic N) is 5. The molecule has 7 rings (SSSR count). The first kappa shape index (κ1) is 27.4. The van der Waals surface area contributed by atoms with Gasteiger partial charge in [-0.25, -0.2) is 9.97 Å². The van der Waals surface area contributed by atoms with Gasteiger partial charge >= 0.3 is 0 Å². The van der Waals surface area contributed by atoms with Gasteiger partial charge in [0.2, 0.25) is 5.95 Å². The van der Waals surface area contributed by atoms with Crippen molar-refractivity contribution in [1.82, 2.24) is 24.4 Å². The summed E-state index contributed by atoms with van der Waals surface area (Å²) in [7, 11) is 0. The van der Waals surface area contributed by atoms with E-state index >= 15 is 0 Å². The van der Waals surface area contributed by atoms with Crippen molar-refractivity contribution >= 4 is 34.7 Å². The lowest BCUT2D eigenvalue weighted by molar-refractivity contribution is -0.0309. The standard InChI is InChI=1S/C33H38ClN7O/c34-28-22-36-33(37-25-13-10-23-11-14-26(15-12-24(23)21-25)40-17-4-5-18-40)39-31(28)38-29-8-2-1-7-27(29)32-35-16-19-41(32)30-9-3-6-20-42-30/h1-2,7-8,10,13,16,19,21-22,26,30H,3-6,9,11-12,14-15,17-18,20H2,(H2,36,37,38,39)/t26-,30?/m0/s1. The molecule has 42 heavy (non-hydrogen) atoms. The quantitative estimate of drug-likeness (QED) is 0.218. The second-order valence-corrected chi connectivity index (χ2v) is 12.0. The predicted molar refractivity (Wildman–Crippen MR) is 168 cm³/mol. The highest BCUT2D eigenvalue weighted by molar-refractivity contribution is 6.33. The van der Waals surface area contributed by atoms with E-state index in [4.69, 9.17) is 26.3 Å². The molecule has 0 spiro atoms. The van der Waals surface area contributed by atoms with Crippen molar-refractivity contribution in [3.8, 4) is 11.4 Å². The van der Waals surface area contributed by atoms with Gasteiger partial charge in [-0.15, -0.1) is 0 Å². The number of ether oxygens (including phenoxy) is 1. The number of rotatable bonds is 7. The van der Waals surface area contributed by atoms with E-state index < -0.39 is 0 Å². The number of para-hydroxylation sites is 1. The normalized spacial score (nSPS) is 21.1. The lowest BCUT2D eigenvalue weighted by Crippen LogP contribution is -2.32. The molecule has 0 bridgehead atoms. The Hall–Kier alpha value is -3.46. The molecule has 0 amide bonds. The topological polar surface area (TPSA) is 80.1 Å². The summed E-state index contributed by atoms with van der Waals surface area (Å²) in [5.41, 5.74) is 5.72. The number of anilines is 4. The van der Waals surface area contributed by atoms with Crippen LogP contribution in [0, 0.1) is 0 Å². The number of likely N-dealkylation sites (tertiary alicyclic amines) is 1. The molecule has 4 aromatic rings. The van der Waals surface area contributed by atoms with Gasteiger partial charge < -0.3 is 24.8 Å². The fraction of sp³-hybridized carbons (Fsp3) is 0.424. The largest absolute Gasteiger partial charge is 0.358 e. The second-order valence-electron chi connectivity index (χ2n) is 11.6. The van der Waals surface area contributed by atoms with Gasteiger partial charge in [-0.2, -0.15) is 4.98 Å². The molecule has 1 aliphatic carbocycles. The van der Waals surface area contributed by atoms with Crippen LogP contribution < -0.4 is 10.6 Å². The van der Waals surface area contributed by atoms with Crippen molar-refractivity contribution in [3.63, 3.8) is 0 Å². The average Bonchev–Trinajstić information content (AvgIpc) is 3.70. The molecule has 2 aromatic heterocycles. The number of hydrogen-bond acceptors (Lipinski definition) is 7. The van der Waals surface area contributed by atoms with Gasteiger partial charge in [0.15, 0.2) is 5.82 Å². The van der Waals surface area contributed by atoms with Crippen molar-refractivity contribution in [2.75, 3.05) is 30.3 Å². The Balaban J connectivity index is 1.09. The second kappa shape index (κ2) is 12.4. The molecule has 2 atom stereocenters. The molecule has 2 aliphatic heterocycles. The number of fused-ring (bicyclic) bond motifs is 1. The third-order valence-electron chi connectivity index (χ3n) is 8.91. The van der Waals surface area contributed by atoms with Crippen molar-refractivity contribution in [1.29, 1.82) is 0 Å². The van der Waals surface area contributed by atoms with Crippen LogP contribution in [0.15, 0.2) is 61.1 Å². The van der Waals surface area contributed by atoms with Gasteiger partial charge in [0.25, 0.3) is 0 Å². The number of imidazole rings is 1. The van der Waals surface area contributed by atoms with E-state index in [0.29, 0.717) is 22.8 Å². The molecular formula is C33H38ClN7O. The monoisotopic (exact) mass is 583 g/mol. The van der Waals surface area contributed by atoms with Crippen molar-refractivity contribution < 1.29 is 4.74 Å². The molecule has 218 valence electrons. The zero-order chi connectivity index (χ0) is 28.3. The van der Waals surface area contributed by atoms with Crippen LogP contribution in [0.25, 0.3) is 11.4 Å². The number of halogens is 1. The third-order valence-corrected chi connectivity index (χ3v) is 9.19. The Morgan fingerprint density at radius 3 is 2.60 bits per heavy atom. The highest BCUT2D eigenvalue weighted by atomic mass is 35.5. The van der Waals surface area contributed by atoms with Crippen LogP contribution >= 0.6 is 11.6 Å². The molecule has 3 aliphatic rings. The highest BCUT2D eigenvalue weighted by Crippen LogP contribution is 2.35. The van der Waals surface area contributed by atoms with Gasteiger partial charge in [0.05, 0.1) is 11.9 Å². The SMILES string of the molecule is Clc1cnc(Nc2ccc3c(c2)CC[C@@H](N2CCCC2)CC3)nc1Nc1ccccc1-c1nccn1C1CCCCO1. The minimum Gasteiger partial charge on any atom is -0.358 e. The van der Waals surface area contributed by atoms with Gasteiger partial charge in [0.1, 0.15) is 17.1 Å². The van der Waals surface area contributed by atoms with E-state index in [0.717, 1.165) is 61.5 Å². The Labute approximate surface area is 252 Å². The van der Waals surface area contributed by atoms with E-state index in [1.165, 1.54) is 49.9 Å². The first-order chi connectivity index (χ1) is 20.7. The van der Waals surface area contributed by atoms with Crippen LogP contribution in [-0.2, 0) is 17.6 Å². The van der Waals surface area contributed by atoms with Crippen LogP contribution in [0.5, 0.6) is 0 Å². The van der Waals surface area contributed by atoms with Gasteiger partial charge in [0, 0.05) is 36.3 Å². The highest BCUT2D eigenvalue weighted by Gasteiger charge is 2.25. The van der Waals surface area contributed by atoms with Crippen LogP contribution in [0.3, 0.4) is 0 Å². The number of hydrogen-bond donors (Lipinski definition) is 2. The molecule has 0 saturated carbocycles. The maximum Gasteiger partial charge on any atom is 0.229 e. The summed E-state index contributed by atoms with van der Waals surface area (Å²) < 4.78 is 8.18. The molecule has 2 saturated heterocycles. The summed E-state index contributed by atoms with van der Waals surface area (Å²) in [6.07, 6.45) is 16.1. The van der Waals surface area contributed by atoms with E-state index in [1.54, 1.807) is 6.20 Å². The summed E-state index contributed by atoms with van der Waals surface area (Å²) in [6, 6.07) is 15.5. The van der Waals surface area contributed by atoms with Crippen molar-refractivity contribution in [2.45, 2.75) is 70.1 Å². The molecule has 1 unspecified atom stereocenters. The molecule has 2 aromatic carbocycles. The van der Waals surface area contributed by atoms with Gasteiger partial charge in [-0.1, -0.05) is 29.8 Å². The number of nitrogens with one attached hydrogen (secondary N) is 2. The number of benzene rings is 2. The van der Waals surface area contributed by atoms with E-state index in [2.05, 4.69) is 49.4 Å². The lowest BCUT2D eigenvalue weighted by atomic mass is 10.0. The Morgan fingerprint density at radius 2 is 1.74 bits per heavy atom. The molecule has 9 heteroatoms. The summed E-state index contributed by atoms with van der Waals surface area (Å²) in [5.74, 6) is 1.89. The summed E-state index contributed by atoms with van der Waals surface area (Å²) in [4.78, 5) is 16.6. The van der Waals surface area contributed by atoms with E-state index in [9.17, 15) is 0 Å². The van der Waals surface area contributed by atoms with Gasteiger partial charge in [-0.05, 0) is 106 Å². The first-order valence-electron chi connectivity index (χ1n) is 15.4. The van der Waals surface area contributed by atoms with Crippen LogP contribution in [0.4, 0.5) is 23.1 Å². The number of aromatic nitrogens is 4. The summed E-state index contributed by atoms with van der Waals surface area (Å²) >= 11 is 6.60. The Morgan fingerprint density at radius 1 is 0.881 bits per heavy atom. The Bertz CT molecular complexity index is 1530. The van der Waals surface area contributed by atoms with Crippen LogP contribution in [0.1, 0.15) is 62.3 Å². The fourth-order valence-corrected chi connectivity index (χ4v) is 6.83. The van der Waals surface area contributed by atoms with Gasteiger partial charge in [-0.3, -0.25) is 0 Å². The van der Waals surface area contributed by atoms with Crippen LogP contribution in [0.2, 0.25) is 5.02 Å². The first-order valence-corrected chi connectivity index (χ1v) is 15.8. The maximum atomic E-state index is 6.60. The average molecular weight is 584 g/mol. The van der Waals surface area contributed by atoms with E-state index in [1.807, 2.05) is 30.6 Å². The van der Waals surface area contributed by atoms with Crippen LogP contribution in [-0.4, -0.2) is 50.2 Å². The maximum absolute atomic E-state index is 6.60. The van der Waals surface area contributed by atoms with Crippen molar-refractivity contribution in [3.05, 3.63) is 77.2 Å². The van der Waals surface area contributed by atoms with Crippen molar-refractivity contribution in [2.24, 2.45) is 0 Å². The molecule has 8 nitrogen and oxygen atoms in total. The zero-order valence-corrected chi connectivity index (χ0v) is 24.7. The molecule has 4 heterocycles. The number of aryl methyl sites for hydroxylation is 2. The Kier molecular flexibility index (Phi) is 8.09. The predicted octanol–water partition coefficient (Wildman–Crippen LogP) is 7.52. The third kappa shape index (κ3) is 5.89. The smallest absolute Gasteiger partial charge is 0.229 e. The molecular weight excluding hydrogens is 546 g/mol.